The monoisotopic (exact) mass is 332 g/mol. The van der Waals surface area contributed by atoms with Gasteiger partial charge in [0.05, 0.1) is 19.3 Å². The SMILES string of the molecule is N[C@@H](Cc1c[nH]c2ccc(O)cc12)C(=O)NCCN1CCOCC1. The van der Waals surface area contributed by atoms with Gasteiger partial charge in [0.25, 0.3) is 0 Å². The van der Waals surface area contributed by atoms with Crippen LogP contribution < -0.4 is 11.1 Å². The number of aromatic amines is 1. The van der Waals surface area contributed by atoms with Gasteiger partial charge < -0.3 is 25.9 Å². The number of amides is 1. The van der Waals surface area contributed by atoms with E-state index in [0.29, 0.717) is 13.0 Å². The number of aromatic hydroxyl groups is 1. The number of nitrogens with two attached hydrogens (primary N) is 1. The number of aromatic nitrogens is 1. The number of carbonyl (C=O) groups is 1. The minimum Gasteiger partial charge on any atom is -0.508 e. The molecule has 1 aliphatic rings. The average molecular weight is 332 g/mol. The van der Waals surface area contributed by atoms with Gasteiger partial charge in [-0.3, -0.25) is 9.69 Å². The zero-order valence-corrected chi connectivity index (χ0v) is 13.6. The molecule has 1 amide bonds. The molecule has 0 aliphatic carbocycles. The summed E-state index contributed by atoms with van der Waals surface area (Å²) in [5, 5.41) is 13.4. The number of nitrogens with one attached hydrogen (secondary N) is 2. The van der Waals surface area contributed by atoms with Crippen molar-refractivity contribution >= 4 is 16.8 Å². The van der Waals surface area contributed by atoms with E-state index in [9.17, 15) is 9.90 Å². The first-order valence-electron chi connectivity index (χ1n) is 8.26. The molecule has 24 heavy (non-hydrogen) atoms. The Bertz CT molecular complexity index is 694. The molecule has 1 aromatic carbocycles. The molecular formula is C17H24N4O3. The Hall–Kier alpha value is -2.09. The molecule has 1 aromatic heterocycles. The number of hydrogen-bond donors (Lipinski definition) is 4. The molecule has 1 fully saturated rings. The van der Waals surface area contributed by atoms with E-state index in [1.807, 2.05) is 12.3 Å². The van der Waals surface area contributed by atoms with Gasteiger partial charge in [-0.05, 0) is 30.2 Å². The second-order valence-electron chi connectivity index (χ2n) is 6.10. The number of benzene rings is 1. The maximum absolute atomic E-state index is 12.2. The molecule has 2 aromatic rings. The molecule has 0 radical (unpaired) electrons. The van der Waals surface area contributed by atoms with E-state index in [1.54, 1.807) is 12.1 Å². The van der Waals surface area contributed by atoms with Crippen LogP contribution in [0.25, 0.3) is 10.9 Å². The summed E-state index contributed by atoms with van der Waals surface area (Å²) in [6.45, 7) is 4.70. The van der Waals surface area contributed by atoms with Gasteiger partial charge in [-0.1, -0.05) is 0 Å². The Balaban J connectivity index is 1.50. The molecule has 0 bridgehead atoms. The fourth-order valence-electron chi connectivity index (χ4n) is 2.96. The third kappa shape index (κ3) is 4.05. The number of hydrogen-bond acceptors (Lipinski definition) is 5. The molecule has 7 heteroatoms. The van der Waals surface area contributed by atoms with Gasteiger partial charge in [0, 0.05) is 43.3 Å². The van der Waals surface area contributed by atoms with Crippen LogP contribution in [0.4, 0.5) is 0 Å². The summed E-state index contributed by atoms with van der Waals surface area (Å²) in [6, 6.07) is 4.50. The zero-order valence-electron chi connectivity index (χ0n) is 13.6. The lowest BCUT2D eigenvalue weighted by Gasteiger charge is -2.26. The first-order valence-corrected chi connectivity index (χ1v) is 8.26. The molecule has 130 valence electrons. The number of morpholine rings is 1. The fourth-order valence-corrected chi connectivity index (χ4v) is 2.96. The van der Waals surface area contributed by atoms with Crippen molar-refractivity contribution < 1.29 is 14.6 Å². The molecule has 7 nitrogen and oxygen atoms in total. The van der Waals surface area contributed by atoms with Crippen molar-refractivity contribution in [2.75, 3.05) is 39.4 Å². The molecule has 1 atom stereocenters. The van der Waals surface area contributed by atoms with Crippen LogP contribution >= 0.6 is 0 Å². The number of nitrogens with zero attached hydrogens (tertiary/aromatic N) is 1. The number of H-pyrrole nitrogens is 1. The number of ether oxygens (including phenoxy) is 1. The van der Waals surface area contributed by atoms with Crippen LogP contribution in [-0.4, -0.2) is 66.3 Å². The standard InChI is InChI=1S/C17H24N4O3/c18-15(17(23)19-3-4-21-5-7-24-8-6-21)9-12-11-20-16-2-1-13(22)10-14(12)16/h1-2,10-11,15,20,22H,3-9,18H2,(H,19,23)/t15-/m0/s1. The maximum atomic E-state index is 12.2. The lowest BCUT2D eigenvalue weighted by atomic mass is 10.0. The lowest BCUT2D eigenvalue weighted by Crippen LogP contribution is -2.46. The normalized spacial score (nSPS) is 17.0. The fraction of sp³-hybridized carbons (Fsp3) is 0.471. The van der Waals surface area contributed by atoms with Gasteiger partial charge in [-0.2, -0.15) is 0 Å². The van der Waals surface area contributed by atoms with Crippen molar-refractivity contribution in [1.29, 1.82) is 0 Å². The molecule has 1 aliphatic heterocycles. The summed E-state index contributed by atoms with van der Waals surface area (Å²) in [4.78, 5) is 17.6. The summed E-state index contributed by atoms with van der Waals surface area (Å²) in [7, 11) is 0. The van der Waals surface area contributed by atoms with E-state index in [4.69, 9.17) is 10.5 Å². The van der Waals surface area contributed by atoms with Gasteiger partial charge >= 0.3 is 0 Å². The van der Waals surface area contributed by atoms with E-state index in [0.717, 1.165) is 49.3 Å². The van der Waals surface area contributed by atoms with E-state index < -0.39 is 6.04 Å². The third-order valence-electron chi connectivity index (χ3n) is 4.36. The quantitative estimate of drug-likeness (QED) is 0.605. The summed E-state index contributed by atoms with van der Waals surface area (Å²) < 4.78 is 5.30. The predicted molar refractivity (Wildman–Crippen MR) is 91.9 cm³/mol. The topological polar surface area (TPSA) is 104 Å². The Morgan fingerprint density at radius 2 is 2.21 bits per heavy atom. The van der Waals surface area contributed by atoms with E-state index in [2.05, 4.69) is 15.2 Å². The van der Waals surface area contributed by atoms with Gasteiger partial charge in [0.2, 0.25) is 5.91 Å². The highest BCUT2D eigenvalue weighted by Crippen LogP contribution is 2.23. The van der Waals surface area contributed by atoms with Crippen LogP contribution in [0.3, 0.4) is 0 Å². The summed E-state index contributed by atoms with van der Waals surface area (Å²) in [6.07, 6.45) is 2.26. The number of phenolic OH excluding ortho intramolecular Hbond substituents is 1. The second kappa shape index (κ2) is 7.65. The van der Waals surface area contributed by atoms with Gasteiger partial charge in [0.1, 0.15) is 5.75 Å². The van der Waals surface area contributed by atoms with Crippen molar-refractivity contribution in [1.82, 2.24) is 15.2 Å². The van der Waals surface area contributed by atoms with Crippen molar-refractivity contribution in [3.8, 4) is 5.75 Å². The Kier molecular flexibility index (Phi) is 5.34. The van der Waals surface area contributed by atoms with Crippen molar-refractivity contribution in [2.45, 2.75) is 12.5 Å². The summed E-state index contributed by atoms with van der Waals surface area (Å²) >= 11 is 0. The Morgan fingerprint density at radius 1 is 1.42 bits per heavy atom. The molecule has 2 heterocycles. The Morgan fingerprint density at radius 3 is 3.00 bits per heavy atom. The molecule has 1 saturated heterocycles. The maximum Gasteiger partial charge on any atom is 0.237 e. The molecule has 0 spiro atoms. The van der Waals surface area contributed by atoms with Gasteiger partial charge in [-0.25, -0.2) is 0 Å². The molecule has 5 N–H and O–H groups in total. The zero-order chi connectivity index (χ0) is 16.9. The van der Waals surface area contributed by atoms with Crippen molar-refractivity contribution in [2.24, 2.45) is 5.73 Å². The number of fused-ring (bicyclic) bond motifs is 1. The molecule has 0 unspecified atom stereocenters. The largest absolute Gasteiger partial charge is 0.508 e. The number of carbonyl (C=O) groups excluding carboxylic acids is 1. The minimum absolute atomic E-state index is 0.155. The third-order valence-corrected chi connectivity index (χ3v) is 4.36. The highest BCUT2D eigenvalue weighted by Gasteiger charge is 2.17. The summed E-state index contributed by atoms with van der Waals surface area (Å²) in [5.74, 6) is 0.0460. The molecule has 0 saturated carbocycles. The van der Waals surface area contributed by atoms with Crippen LogP contribution in [0.5, 0.6) is 5.75 Å². The first kappa shape index (κ1) is 16.8. The first-order chi connectivity index (χ1) is 11.6. The Labute approximate surface area is 140 Å². The van der Waals surface area contributed by atoms with Crippen LogP contribution in [0.1, 0.15) is 5.56 Å². The minimum atomic E-state index is -0.615. The van der Waals surface area contributed by atoms with Crippen molar-refractivity contribution in [3.05, 3.63) is 30.0 Å². The highest BCUT2D eigenvalue weighted by atomic mass is 16.5. The lowest BCUT2D eigenvalue weighted by molar-refractivity contribution is -0.122. The second-order valence-corrected chi connectivity index (χ2v) is 6.10. The number of rotatable bonds is 6. The summed E-state index contributed by atoms with van der Waals surface area (Å²) in [5.41, 5.74) is 7.88. The predicted octanol–water partition coefficient (Wildman–Crippen LogP) is 0.192. The molecular weight excluding hydrogens is 308 g/mol. The van der Waals surface area contributed by atoms with Gasteiger partial charge in [-0.15, -0.1) is 0 Å². The smallest absolute Gasteiger partial charge is 0.237 e. The van der Waals surface area contributed by atoms with Gasteiger partial charge in [0.15, 0.2) is 0 Å². The van der Waals surface area contributed by atoms with E-state index in [-0.39, 0.29) is 11.7 Å². The van der Waals surface area contributed by atoms with E-state index >= 15 is 0 Å². The highest BCUT2D eigenvalue weighted by molar-refractivity contribution is 5.86. The molecule has 3 rings (SSSR count). The average Bonchev–Trinajstić information content (AvgIpc) is 2.98. The van der Waals surface area contributed by atoms with Crippen LogP contribution in [0.2, 0.25) is 0 Å². The van der Waals surface area contributed by atoms with E-state index in [1.165, 1.54) is 0 Å². The van der Waals surface area contributed by atoms with Crippen LogP contribution in [-0.2, 0) is 16.0 Å². The number of phenols is 1. The van der Waals surface area contributed by atoms with Crippen molar-refractivity contribution in [3.63, 3.8) is 0 Å². The van der Waals surface area contributed by atoms with Crippen LogP contribution in [0.15, 0.2) is 24.4 Å². The van der Waals surface area contributed by atoms with Crippen LogP contribution in [0, 0.1) is 0 Å².